The molecule has 0 saturated heterocycles. The molecule has 0 aliphatic heterocycles. The van der Waals surface area contributed by atoms with Gasteiger partial charge in [-0.3, -0.25) is 14.2 Å². The van der Waals surface area contributed by atoms with Crippen molar-refractivity contribution in [1.29, 1.82) is 0 Å². The summed E-state index contributed by atoms with van der Waals surface area (Å²) in [7, 11) is 0. The van der Waals surface area contributed by atoms with Crippen LogP contribution < -0.4 is 10.9 Å². The van der Waals surface area contributed by atoms with E-state index in [9.17, 15) is 9.59 Å². The van der Waals surface area contributed by atoms with Gasteiger partial charge in [-0.05, 0) is 38.0 Å². The van der Waals surface area contributed by atoms with Gasteiger partial charge in [-0.15, -0.1) is 11.3 Å². The number of hydrogen-bond acceptors (Lipinski definition) is 4. The van der Waals surface area contributed by atoms with Crippen LogP contribution in [0.1, 0.15) is 16.7 Å². The molecule has 0 unspecified atom stereocenters. The van der Waals surface area contributed by atoms with Crippen LogP contribution >= 0.6 is 11.3 Å². The number of benzene rings is 2. The van der Waals surface area contributed by atoms with Crippen molar-refractivity contribution in [2.24, 2.45) is 0 Å². The predicted octanol–water partition coefficient (Wildman–Crippen LogP) is 4.69. The smallest absolute Gasteiger partial charge is 0.263 e. The number of fused-ring (bicyclic) bond motifs is 1. The van der Waals surface area contributed by atoms with Gasteiger partial charge in [0.15, 0.2) is 0 Å². The van der Waals surface area contributed by atoms with Crippen molar-refractivity contribution in [3.8, 4) is 11.1 Å². The van der Waals surface area contributed by atoms with Crippen molar-refractivity contribution < 1.29 is 4.79 Å². The maximum atomic E-state index is 13.1. The van der Waals surface area contributed by atoms with Gasteiger partial charge in [-0.25, -0.2) is 4.98 Å². The van der Waals surface area contributed by atoms with Gasteiger partial charge in [-0.2, -0.15) is 0 Å². The van der Waals surface area contributed by atoms with Crippen molar-refractivity contribution in [2.75, 3.05) is 5.32 Å². The SMILES string of the molecule is Cc1ccc(-c2csc3ncn(CC(=O)Nc4ccc(C)cc4C)c(=O)c23)cc1. The summed E-state index contributed by atoms with van der Waals surface area (Å²) >= 11 is 1.44. The standard InChI is InChI=1S/C23H21N3O2S/c1-14-4-7-17(8-5-14)18-12-29-22-21(18)23(28)26(13-24-22)11-20(27)25-19-9-6-15(2)10-16(19)3/h4-10,12-13H,11H2,1-3H3,(H,25,27). The topological polar surface area (TPSA) is 64.0 Å². The van der Waals surface area contributed by atoms with Crippen LogP contribution in [0, 0.1) is 20.8 Å². The monoisotopic (exact) mass is 403 g/mol. The first-order valence-corrected chi connectivity index (χ1v) is 10.2. The van der Waals surface area contributed by atoms with Crippen LogP contribution in [-0.2, 0) is 11.3 Å². The van der Waals surface area contributed by atoms with Crippen molar-refractivity contribution in [1.82, 2.24) is 9.55 Å². The molecule has 1 N–H and O–H groups in total. The molecule has 0 aliphatic rings. The highest BCUT2D eigenvalue weighted by molar-refractivity contribution is 7.17. The number of hydrogen-bond donors (Lipinski definition) is 1. The molecule has 0 spiro atoms. The number of anilines is 1. The van der Waals surface area contributed by atoms with E-state index in [1.165, 1.54) is 22.2 Å². The number of carbonyl (C=O) groups is 1. The van der Waals surface area contributed by atoms with Gasteiger partial charge in [0.25, 0.3) is 5.56 Å². The summed E-state index contributed by atoms with van der Waals surface area (Å²) in [5.41, 5.74) is 5.64. The molecule has 1 amide bonds. The zero-order chi connectivity index (χ0) is 20.5. The van der Waals surface area contributed by atoms with Gasteiger partial charge < -0.3 is 5.32 Å². The minimum absolute atomic E-state index is 0.0850. The number of rotatable bonds is 4. The Morgan fingerprint density at radius 1 is 1.07 bits per heavy atom. The van der Waals surface area contributed by atoms with Gasteiger partial charge in [0.05, 0.1) is 11.7 Å². The average Bonchev–Trinajstić information content (AvgIpc) is 3.12. The second kappa shape index (κ2) is 7.64. The molecule has 0 bridgehead atoms. The Hall–Kier alpha value is -3.25. The summed E-state index contributed by atoms with van der Waals surface area (Å²) in [6.45, 7) is 5.89. The summed E-state index contributed by atoms with van der Waals surface area (Å²) in [6, 6.07) is 13.9. The van der Waals surface area contributed by atoms with Crippen molar-refractivity contribution in [3.63, 3.8) is 0 Å². The number of carbonyl (C=O) groups excluding carboxylic acids is 1. The Morgan fingerprint density at radius 2 is 1.79 bits per heavy atom. The fraction of sp³-hybridized carbons (Fsp3) is 0.174. The molecule has 146 valence electrons. The molecule has 0 saturated carbocycles. The maximum Gasteiger partial charge on any atom is 0.263 e. The molecule has 0 atom stereocenters. The fourth-order valence-corrected chi connectivity index (χ4v) is 4.23. The number of thiophene rings is 1. The average molecular weight is 404 g/mol. The molecular formula is C23H21N3O2S. The van der Waals surface area contributed by atoms with Crippen molar-refractivity contribution in [2.45, 2.75) is 27.3 Å². The third-order valence-corrected chi connectivity index (χ3v) is 5.78. The molecule has 2 heterocycles. The number of aryl methyl sites for hydroxylation is 3. The maximum absolute atomic E-state index is 13.1. The highest BCUT2D eigenvalue weighted by atomic mass is 32.1. The molecule has 0 fully saturated rings. The van der Waals surface area contributed by atoms with Crippen LogP contribution in [0.4, 0.5) is 5.69 Å². The molecule has 29 heavy (non-hydrogen) atoms. The molecular weight excluding hydrogens is 382 g/mol. The molecule has 0 radical (unpaired) electrons. The van der Waals surface area contributed by atoms with E-state index < -0.39 is 0 Å². The third-order valence-electron chi connectivity index (χ3n) is 4.89. The summed E-state index contributed by atoms with van der Waals surface area (Å²) in [4.78, 5) is 30.7. The lowest BCUT2D eigenvalue weighted by molar-refractivity contribution is -0.116. The number of aromatic nitrogens is 2. The summed E-state index contributed by atoms with van der Waals surface area (Å²) in [5.74, 6) is -0.257. The van der Waals surface area contributed by atoms with Gasteiger partial charge in [0.2, 0.25) is 5.91 Å². The zero-order valence-electron chi connectivity index (χ0n) is 16.5. The molecule has 0 aliphatic carbocycles. The Bertz CT molecular complexity index is 1270. The first-order valence-electron chi connectivity index (χ1n) is 9.33. The van der Waals surface area contributed by atoms with E-state index >= 15 is 0 Å². The molecule has 4 aromatic rings. The minimum Gasteiger partial charge on any atom is -0.324 e. The van der Waals surface area contributed by atoms with E-state index in [0.717, 1.165) is 33.5 Å². The second-order valence-electron chi connectivity index (χ2n) is 7.24. The van der Waals surface area contributed by atoms with E-state index in [4.69, 9.17) is 0 Å². The van der Waals surface area contributed by atoms with E-state index in [-0.39, 0.29) is 18.0 Å². The Balaban J connectivity index is 1.65. The van der Waals surface area contributed by atoms with Gasteiger partial charge >= 0.3 is 0 Å². The van der Waals surface area contributed by atoms with Gasteiger partial charge in [0, 0.05) is 16.6 Å². The number of nitrogens with zero attached hydrogens (tertiary/aromatic N) is 2. The highest BCUT2D eigenvalue weighted by Crippen LogP contribution is 2.30. The van der Waals surface area contributed by atoms with Crippen LogP contribution in [0.3, 0.4) is 0 Å². The lowest BCUT2D eigenvalue weighted by Crippen LogP contribution is -2.28. The van der Waals surface area contributed by atoms with Crippen LogP contribution in [0.5, 0.6) is 0 Å². The van der Waals surface area contributed by atoms with Gasteiger partial charge in [-0.1, -0.05) is 47.5 Å². The Morgan fingerprint density at radius 3 is 2.52 bits per heavy atom. The van der Waals surface area contributed by atoms with E-state index in [0.29, 0.717) is 10.2 Å². The zero-order valence-corrected chi connectivity index (χ0v) is 17.3. The number of amides is 1. The molecule has 4 rings (SSSR count). The van der Waals surface area contributed by atoms with Crippen LogP contribution in [0.2, 0.25) is 0 Å². The first kappa shape index (κ1) is 19.1. The predicted molar refractivity (Wildman–Crippen MR) is 119 cm³/mol. The summed E-state index contributed by atoms with van der Waals surface area (Å²) in [5, 5.41) is 5.39. The highest BCUT2D eigenvalue weighted by Gasteiger charge is 2.15. The van der Waals surface area contributed by atoms with Gasteiger partial charge in [0.1, 0.15) is 11.4 Å². The lowest BCUT2D eigenvalue weighted by atomic mass is 10.1. The van der Waals surface area contributed by atoms with E-state index in [1.54, 1.807) is 0 Å². The van der Waals surface area contributed by atoms with E-state index in [2.05, 4.69) is 10.3 Å². The third kappa shape index (κ3) is 3.84. The largest absolute Gasteiger partial charge is 0.324 e. The molecule has 2 aromatic heterocycles. The van der Waals surface area contributed by atoms with Crippen LogP contribution in [0.25, 0.3) is 21.3 Å². The van der Waals surface area contributed by atoms with Crippen molar-refractivity contribution >= 4 is 33.1 Å². The second-order valence-corrected chi connectivity index (χ2v) is 8.10. The number of nitrogens with one attached hydrogen (secondary N) is 1. The fourth-order valence-electron chi connectivity index (χ4n) is 3.32. The Labute approximate surface area is 172 Å². The quantitative estimate of drug-likeness (QED) is 0.538. The first-order chi connectivity index (χ1) is 13.9. The molecule has 2 aromatic carbocycles. The Kier molecular flexibility index (Phi) is 5.03. The molecule has 6 heteroatoms. The molecule has 5 nitrogen and oxygen atoms in total. The summed E-state index contributed by atoms with van der Waals surface area (Å²) in [6.07, 6.45) is 1.45. The van der Waals surface area contributed by atoms with Crippen LogP contribution in [0.15, 0.2) is 59.0 Å². The van der Waals surface area contributed by atoms with Crippen LogP contribution in [-0.4, -0.2) is 15.5 Å². The van der Waals surface area contributed by atoms with Crippen molar-refractivity contribution in [3.05, 3.63) is 81.2 Å². The minimum atomic E-state index is -0.257. The lowest BCUT2D eigenvalue weighted by Gasteiger charge is -2.10. The normalized spacial score (nSPS) is 11.0. The van der Waals surface area contributed by atoms with E-state index in [1.807, 2.05) is 68.6 Å². The summed E-state index contributed by atoms with van der Waals surface area (Å²) < 4.78 is 1.37.